The Morgan fingerprint density at radius 2 is 0.855 bits per heavy atom. The van der Waals surface area contributed by atoms with Gasteiger partial charge >= 0.3 is 0 Å². The maximum atomic E-state index is 5.43. The topological polar surface area (TPSA) is 25.8 Å². The van der Waals surface area contributed by atoms with Crippen molar-refractivity contribution in [3.63, 3.8) is 0 Å². The molecular weight excluding hydrogens is 665 g/mol. The van der Waals surface area contributed by atoms with Gasteiger partial charge in [-0.3, -0.25) is 0 Å². The molecule has 0 radical (unpaired) electrons. The lowest BCUT2D eigenvalue weighted by Crippen LogP contribution is -2.17. The lowest BCUT2D eigenvalue weighted by Gasteiger charge is -2.26. The minimum Gasteiger partial charge on any atom is -0.228 e. The molecular formula is C53H36N2. The number of hydrogen-bond acceptors (Lipinski definition) is 2. The Kier molecular flexibility index (Phi) is 6.93. The molecule has 2 nitrogen and oxygen atoms in total. The number of aromatic nitrogens is 2. The number of nitrogens with zero attached hydrogens (tertiary/aromatic N) is 2. The smallest absolute Gasteiger partial charge is 0.161 e. The molecule has 0 spiro atoms. The van der Waals surface area contributed by atoms with Crippen molar-refractivity contribution in [1.29, 1.82) is 0 Å². The zero-order valence-electron chi connectivity index (χ0n) is 30.7. The molecule has 0 unspecified atom stereocenters. The van der Waals surface area contributed by atoms with E-state index in [0.717, 1.165) is 33.5 Å². The highest BCUT2D eigenvalue weighted by Gasteiger charge is 2.39. The molecule has 258 valence electrons. The van der Waals surface area contributed by atoms with Crippen LogP contribution >= 0.6 is 0 Å². The van der Waals surface area contributed by atoms with Crippen molar-refractivity contribution in [2.75, 3.05) is 0 Å². The summed E-state index contributed by atoms with van der Waals surface area (Å²) in [6.07, 6.45) is 0. The third kappa shape index (κ3) is 4.81. The fraction of sp³-hybridized carbons (Fsp3) is 0.0566. The molecule has 9 aromatic carbocycles. The largest absolute Gasteiger partial charge is 0.228 e. The van der Waals surface area contributed by atoms with Gasteiger partial charge in [0.15, 0.2) is 5.82 Å². The van der Waals surface area contributed by atoms with Crippen LogP contribution in [0.15, 0.2) is 182 Å². The zero-order valence-corrected chi connectivity index (χ0v) is 30.7. The molecule has 1 heterocycles. The molecule has 0 saturated carbocycles. The van der Waals surface area contributed by atoms with Crippen molar-refractivity contribution in [3.8, 4) is 56.2 Å². The van der Waals surface area contributed by atoms with Crippen molar-refractivity contribution in [2.24, 2.45) is 0 Å². The second-order valence-corrected chi connectivity index (χ2v) is 15.3. The van der Waals surface area contributed by atoms with Crippen LogP contribution < -0.4 is 0 Å². The molecule has 1 aliphatic carbocycles. The van der Waals surface area contributed by atoms with Crippen LogP contribution in [0.1, 0.15) is 25.0 Å². The number of benzene rings is 9. The lowest BCUT2D eigenvalue weighted by atomic mass is 9.77. The number of hydrogen-bond donors (Lipinski definition) is 0. The molecule has 55 heavy (non-hydrogen) atoms. The third-order valence-electron chi connectivity index (χ3n) is 11.8. The van der Waals surface area contributed by atoms with Crippen LogP contribution in [0.3, 0.4) is 0 Å². The fourth-order valence-electron chi connectivity index (χ4n) is 9.43. The molecule has 0 atom stereocenters. The predicted molar refractivity (Wildman–Crippen MR) is 231 cm³/mol. The van der Waals surface area contributed by atoms with Crippen LogP contribution in [0.4, 0.5) is 0 Å². The molecule has 11 rings (SSSR count). The maximum absolute atomic E-state index is 5.43. The summed E-state index contributed by atoms with van der Waals surface area (Å²) in [6, 6.07) is 65.8. The molecule has 0 amide bonds. The van der Waals surface area contributed by atoms with Gasteiger partial charge in [0, 0.05) is 22.1 Å². The first-order valence-electron chi connectivity index (χ1n) is 19.1. The van der Waals surface area contributed by atoms with Gasteiger partial charge in [0.2, 0.25) is 0 Å². The van der Waals surface area contributed by atoms with E-state index in [1.165, 1.54) is 71.1 Å². The summed E-state index contributed by atoms with van der Waals surface area (Å²) in [5.41, 5.74) is 12.7. The van der Waals surface area contributed by atoms with E-state index in [1.54, 1.807) is 0 Å². The summed E-state index contributed by atoms with van der Waals surface area (Å²) in [5, 5.41) is 9.78. The van der Waals surface area contributed by atoms with E-state index in [9.17, 15) is 0 Å². The van der Waals surface area contributed by atoms with Gasteiger partial charge in [0.05, 0.1) is 11.4 Å². The van der Waals surface area contributed by atoms with Crippen molar-refractivity contribution < 1.29 is 0 Å². The molecule has 10 aromatic rings. The molecule has 0 aliphatic heterocycles. The van der Waals surface area contributed by atoms with Crippen LogP contribution in [0, 0.1) is 0 Å². The Labute approximate surface area is 320 Å². The Morgan fingerprint density at radius 3 is 1.62 bits per heavy atom. The van der Waals surface area contributed by atoms with Crippen molar-refractivity contribution in [1.82, 2.24) is 9.97 Å². The van der Waals surface area contributed by atoms with Crippen LogP contribution in [0.5, 0.6) is 0 Å². The van der Waals surface area contributed by atoms with Crippen molar-refractivity contribution in [3.05, 3.63) is 193 Å². The summed E-state index contributed by atoms with van der Waals surface area (Å²) < 4.78 is 0. The van der Waals surface area contributed by atoms with Crippen LogP contribution in [0.2, 0.25) is 0 Å². The highest BCUT2D eigenvalue weighted by molar-refractivity contribution is 6.14. The second kappa shape index (κ2) is 12.1. The van der Waals surface area contributed by atoms with Gasteiger partial charge in [0.1, 0.15) is 0 Å². The first-order chi connectivity index (χ1) is 27.0. The van der Waals surface area contributed by atoms with Crippen molar-refractivity contribution >= 4 is 43.1 Å². The van der Waals surface area contributed by atoms with E-state index < -0.39 is 0 Å². The van der Waals surface area contributed by atoms with Gasteiger partial charge < -0.3 is 0 Å². The first kappa shape index (κ1) is 31.6. The fourth-order valence-corrected chi connectivity index (χ4v) is 9.43. The van der Waals surface area contributed by atoms with E-state index in [-0.39, 0.29) is 5.41 Å². The standard InChI is InChI=1S/C53H36N2/c1-53(2)50-37-20-9-6-15-33(37)27-28-45(50)44-26-14-25-43(51(44)53)42-29-30-46(40-23-12-11-22-39(40)42)52-54-48(34-16-4-3-5-17-34)32-49(55-52)47-31-35-18-7-8-19-36(35)38-21-10-13-24-41(38)47/h3-32H,1-2H3. The quantitative estimate of drug-likeness (QED) is 0.171. The summed E-state index contributed by atoms with van der Waals surface area (Å²) in [6.45, 7) is 4.79. The van der Waals surface area contributed by atoms with Gasteiger partial charge in [-0.2, -0.15) is 0 Å². The average molecular weight is 701 g/mol. The molecule has 0 fully saturated rings. The molecule has 0 saturated heterocycles. The Balaban J connectivity index is 1.14. The van der Waals surface area contributed by atoms with Crippen LogP contribution in [-0.4, -0.2) is 9.97 Å². The summed E-state index contributed by atoms with van der Waals surface area (Å²) in [4.78, 5) is 10.8. The second-order valence-electron chi connectivity index (χ2n) is 15.3. The Morgan fingerprint density at radius 1 is 0.327 bits per heavy atom. The van der Waals surface area contributed by atoms with Crippen LogP contribution in [0.25, 0.3) is 99.2 Å². The SMILES string of the molecule is CC1(C)c2c(cccc2-c2ccc(-c3nc(-c4ccccc4)cc(-c4cc5ccccc5c5ccccc45)n3)c3ccccc23)-c2ccc3ccccc3c21. The van der Waals surface area contributed by atoms with E-state index in [4.69, 9.17) is 9.97 Å². The Bertz CT molecular complexity index is 3170. The average Bonchev–Trinajstić information content (AvgIpc) is 3.49. The molecule has 0 N–H and O–H groups in total. The monoisotopic (exact) mass is 700 g/mol. The molecule has 1 aromatic heterocycles. The van der Waals surface area contributed by atoms with E-state index >= 15 is 0 Å². The highest BCUT2D eigenvalue weighted by Crippen LogP contribution is 2.55. The summed E-state index contributed by atoms with van der Waals surface area (Å²) >= 11 is 0. The lowest BCUT2D eigenvalue weighted by molar-refractivity contribution is 0.668. The third-order valence-corrected chi connectivity index (χ3v) is 11.8. The van der Waals surface area contributed by atoms with Gasteiger partial charge in [-0.25, -0.2) is 9.97 Å². The zero-order chi connectivity index (χ0) is 36.7. The van der Waals surface area contributed by atoms with E-state index in [2.05, 4.69) is 196 Å². The highest BCUT2D eigenvalue weighted by atomic mass is 14.9. The van der Waals surface area contributed by atoms with Crippen molar-refractivity contribution in [2.45, 2.75) is 19.3 Å². The summed E-state index contributed by atoms with van der Waals surface area (Å²) in [5.74, 6) is 0.717. The van der Waals surface area contributed by atoms with Gasteiger partial charge in [-0.1, -0.05) is 178 Å². The van der Waals surface area contributed by atoms with Crippen LogP contribution in [-0.2, 0) is 5.41 Å². The molecule has 2 heteroatoms. The predicted octanol–water partition coefficient (Wildman–Crippen LogP) is 14.1. The number of rotatable bonds is 4. The van der Waals surface area contributed by atoms with Gasteiger partial charge in [-0.05, 0) is 94.7 Å². The van der Waals surface area contributed by atoms with E-state index in [0.29, 0.717) is 5.82 Å². The molecule has 0 bridgehead atoms. The molecule has 1 aliphatic rings. The van der Waals surface area contributed by atoms with E-state index in [1.807, 2.05) is 0 Å². The van der Waals surface area contributed by atoms with Gasteiger partial charge in [-0.15, -0.1) is 0 Å². The maximum Gasteiger partial charge on any atom is 0.161 e. The minimum absolute atomic E-state index is 0.188. The first-order valence-corrected chi connectivity index (χ1v) is 19.1. The minimum atomic E-state index is -0.188. The number of fused-ring (bicyclic) bond motifs is 9. The normalized spacial score (nSPS) is 13.1. The Hall–Kier alpha value is -6.90. The summed E-state index contributed by atoms with van der Waals surface area (Å²) in [7, 11) is 0. The van der Waals surface area contributed by atoms with Gasteiger partial charge in [0.25, 0.3) is 0 Å².